The van der Waals surface area contributed by atoms with Crippen molar-refractivity contribution in [2.24, 2.45) is 5.92 Å². The van der Waals surface area contributed by atoms with Gasteiger partial charge in [-0.1, -0.05) is 73.4 Å². The summed E-state index contributed by atoms with van der Waals surface area (Å²) >= 11 is 0. The number of nitrogens with one attached hydrogen (secondary N) is 4. The van der Waals surface area contributed by atoms with Gasteiger partial charge in [0.25, 0.3) is 0 Å². The lowest BCUT2D eigenvalue weighted by atomic mass is 9.89. The van der Waals surface area contributed by atoms with Gasteiger partial charge in [-0.15, -0.1) is 0 Å². The number of anilines is 4. The molecule has 0 unspecified atom stereocenters. The molecule has 42 heavy (non-hydrogen) atoms. The van der Waals surface area contributed by atoms with E-state index in [1.165, 1.54) is 49.8 Å². The average molecular weight is 568 g/mol. The van der Waals surface area contributed by atoms with Gasteiger partial charge in [0.15, 0.2) is 0 Å². The third-order valence-corrected chi connectivity index (χ3v) is 7.46. The first kappa shape index (κ1) is 29.0. The van der Waals surface area contributed by atoms with Crippen LogP contribution in [0.2, 0.25) is 0 Å². The van der Waals surface area contributed by atoms with Gasteiger partial charge in [0, 0.05) is 25.3 Å². The SMILES string of the molecule is Cc1ccc(CNC(=O)Cc2ccc(Nc3nc(NCc4ccc(F)cc4)nc(NCC4CCCCC4)n3)cc2)cc1. The van der Waals surface area contributed by atoms with E-state index in [0.29, 0.717) is 43.3 Å². The van der Waals surface area contributed by atoms with Gasteiger partial charge in [-0.3, -0.25) is 4.79 Å². The maximum absolute atomic E-state index is 13.3. The Morgan fingerprint density at radius 1 is 0.738 bits per heavy atom. The smallest absolute Gasteiger partial charge is 0.233 e. The van der Waals surface area contributed by atoms with Crippen molar-refractivity contribution in [1.29, 1.82) is 0 Å². The Kier molecular flexibility index (Phi) is 9.93. The van der Waals surface area contributed by atoms with Crippen molar-refractivity contribution in [2.45, 2.75) is 58.5 Å². The summed E-state index contributed by atoms with van der Waals surface area (Å²) in [6.45, 7) is 3.82. The first-order chi connectivity index (χ1) is 20.5. The molecule has 4 aromatic rings. The Labute approximate surface area is 246 Å². The molecule has 1 saturated carbocycles. The Morgan fingerprint density at radius 3 is 2.05 bits per heavy atom. The fourth-order valence-electron chi connectivity index (χ4n) is 4.99. The van der Waals surface area contributed by atoms with Crippen LogP contribution in [0.1, 0.15) is 54.4 Å². The molecule has 9 heteroatoms. The van der Waals surface area contributed by atoms with Crippen LogP contribution in [0.4, 0.5) is 27.9 Å². The van der Waals surface area contributed by atoms with E-state index in [4.69, 9.17) is 0 Å². The molecule has 4 N–H and O–H groups in total. The summed E-state index contributed by atoms with van der Waals surface area (Å²) in [6, 6.07) is 22.1. The summed E-state index contributed by atoms with van der Waals surface area (Å²) in [6.07, 6.45) is 6.58. The molecule has 3 aromatic carbocycles. The number of hydrogen-bond donors (Lipinski definition) is 4. The number of nitrogens with zero attached hydrogens (tertiary/aromatic N) is 3. The van der Waals surface area contributed by atoms with E-state index < -0.39 is 0 Å². The number of benzene rings is 3. The number of rotatable bonds is 12. The minimum Gasteiger partial charge on any atom is -0.354 e. The predicted octanol–water partition coefficient (Wildman–Crippen LogP) is 6.53. The molecular weight excluding hydrogens is 529 g/mol. The molecule has 0 atom stereocenters. The van der Waals surface area contributed by atoms with Crippen molar-refractivity contribution in [2.75, 3.05) is 22.5 Å². The zero-order valence-electron chi connectivity index (χ0n) is 24.0. The minimum atomic E-state index is -0.270. The van der Waals surface area contributed by atoms with Crippen molar-refractivity contribution in [3.8, 4) is 0 Å². The molecular formula is C33H38FN7O. The van der Waals surface area contributed by atoms with Gasteiger partial charge in [-0.25, -0.2) is 4.39 Å². The Bertz CT molecular complexity index is 1440. The number of halogens is 1. The second kappa shape index (κ2) is 14.4. The van der Waals surface area contributed by atoms with Crippen molar-refractivity contribution < 1.29 is 9.18 Å². The molecule has 0 radical (unpaired) electrons. The zero-order valence-corrected chi connectivity index (χ0v) is 24.0. The number of aryl methyl sites for hydroxylation is 1. The molecule has 1 aliphatic carbocycles. The van der Waals surface area contributed by atoms with Crippen molar-refractivity contribution >= 4 is 29.4 Å². The van der Waals surface area contributed by atoms with Gasteiger partial charge in [-0.05, 0) is 66.6 Å². The van der Waals surface area contributed by atoms with Gasteiger partial charge < -0.3 is 21.3 Å². The van der Waals surface area contributed by atoms with Gasteiger partial charge in [0.2, 0.25) is 23.8 Å². The van der Waals surface area contributed by atoms with Crippen LogP contribution < -0.4 is 21.3 Å². The third-order valence-electron chi connectivity index (χ3n) is 7.46. The van der Waals surface area contributed by atoms with Crippen LogP contribution >= 0.6 is 0 Å². The minimum absolute atomic E-state index is 0.0284. The Balaban J connectivity index is 1.21. The topological polar surface area (TPSA) is 104 Å². The molecule has 1 heterocycles. The van der Waals surface area contributed by atoms with Crippen LogP contribution in [0.3, 0.4) is 0 Å². The van der Waals surface area contributed by atoms with Crippen LogP contribution in [-0.4, -0.2) is 27.4 Å². The lowest BCUT2D eigenvalue weighted by molar-refractivity contribution is -0.120. The molecule has 8 nitrogen and oxygen atoms in total. The van der Waals surface area contributed by atoms with Gasteiger partial charge >= 0.3 is 0 Å². The zero-order chi connectivity index (χ0) is 29.1. The average Bonchev–Trinajstić information content (AvgIpc) is 3.01. The van der Waals surface area contributed by atoms with Gasteiger partial charge in [0.1, 0.15) is 5.82 Å². The number of aromatic nitrogens is 3. The molecule has 0 aliphatic heterocycles. The molecule has 218 valence electrons. The van der Waals surface area contributed by atoms with Crippen LogP contribution in [0.25, 0.3) is 0 Å². The first-order valence-electron chi connectivity index (χ1n) is 14.6. The monoisotopic (exact) mass is 567 g/mol. The molecule has 1 amide bonds. The molecule has 1 aliphatic rings. The normalized spacial score (nSPS) is 13.4. The second-order valence-electron chi connectivity index (χ2n) is 10.9. The maximum atomic E-state index is 13.3. The fraction of sp³-hybridized carbons (Fsp3) is 0.333. The first-order valence-corrected chi connectivity index (χ1v) is 14.6. The summed E-state index contributed by atoms with van der Waals surface area (Å²) in [7, 11) is 0. The lowest BCUT2D eigenvalue weighted by Gasteiger charge is -2.21. The van der Waals surface area contributed by atoms with Crippen molar-refractivity contribution in [3.63, 3.8) is 0 Å². The van der Waals surface area contributed by atoms with E-state index in [1.807, 2.05) is 55.5 Å². The largest absolute Gasteiger partial charge is 0.354 e. The highest BCUT2D eigenvalue weighted by atomic mass is 19.1. The lowest BCUT2D eigenvalue weighted by Crippen LogP contribution is -2.24. The molecule has 1 fully saturated rings. The molecule has 0 spiro atoms. The predicted molar refractivity (Wildman–Crippen MR) is 165 cm³/mol. The van der Waals surface area contributed by atoms with Crippen LogP contribution in [0.5, 0.6) is 0 Å². The Morgan fingerprint density at radius 2 is 1.33 bits per heavy atom. The fourth-order valence-corrected chi connectivity index (χ4v) is 4.99. The summed E-state index contributed by atoms with van der Waals surface area (Å²) in [5.41, 5.74) is 4.90. The maximum Gasteiger partial charge on any atom is 0.233 e. The Hall–Kier alpha value is -4.53. The summed E-state index contributed by atoms with van der Waals surface area (Å²) < 4.78 is 13.3. The van der Waals surface area contributed by atoms with E-state index >= 15 is 0 Å². The van der Waals surface area contributed by atoms with Crippen molar-refractivity contribution in [1.82, 2.24) is 20.3 Å². The highest BCUT2D eigenvalue weighted by Gasteiger charge is 2.15. The molecule has 1 aromatic heterocycles. The van der Waals surface area contributed by atoms with Crippen LogP contribution in [0, 0.1) is 18.7 Å². The standard InChI is InChI=1S/C33H38FN7O/c1-23-7-9-26(10-8-23)20-35-30(42)19-24-13-17-29(18-14-24)38-33-40-31(36-21-25-5-3-2-4-6-25)39-32(41-33)37-22-27-11-15-28(34)16-12-27/h7-18,25H,2-6,19-22H2,1H3,(H,35,42)(H3,36,37,38,39,40,41). The van der Waals surface area contributed by atoms with E-state index in [-0.39, 0.29) is 11.7 Å². The quantitative estimate of drug-likeness (QED) is 0.154. The van der Waals surface area contributed by atoms with E-state index in [2.05, 4.69) is 36.2 Å². The summed E-state index contributed by atoms with van der Waals surface area (Å²) in [5, 5.41) is 12.9. The van der Waals surface area contributed by atoms with E-state index in [1.54, 1.807) is 12.1 Å². The van der Waals surface area contributed by atoms with Crippen LogP contribution in [0.15, 0.2) is 72.8 Å². The summed E-state index contributed by atoms with van der Waals surface area (Å²) in [5.74, 6) is 1.64. The number of hydrogen-bond acceptors (Lipinski definition) is 7. The van der Waals surface area contributed by atoms with Crippen LogP contribution in [-0.2, 0) is 24.3 Å². The third kappa shape index (κ3) is 8.99. The number of carbonyl (C=O) groups is 1. The van der Waals surface area contributed by atoms with Gasteiger partial charge in [0.05, 0.1) is 6.42 Å². The van der Waals surface area contributed by atoms with Crippen molar-refractivity contribution in [3.05, 3.63) is 101 Å². The highest BCUT2D eigenvalue weighted by molar-refractivity contribution is 5.78. The highest BCUT2D eigenvalue weighted by Crippen LogP contribution is 2.24. The van der Waals surface area contributed by atoms with E-state index in [9.17, 15) is 9.18 Å². The molecule has 0 saturated heterocycles. The van der Waals surface area contributed by atoms with Gasteiger partial charge in [-0.2, -0.15) is 15.0 Å². The molecule has 5 rings (SSSR count). The molecule has 0 bridgehead atoms. The second-order valence-corrected chi connectivity index (χ2v) is 10.9. The van der Waals surface area contributed by atoms with E-state index in [0.717, 1.165) is 28.9 Å². The summed E-state index contributed by atoms with van der Waals surface area (Å²) in [4.78, 5) is 26.2. The number of amides is 1. The number of carbonyl (C=O) groups excluding carboxylic acids is 1.